The van der Waals surface area contributed by atoms with Gasteiger partial charge in [-0.2, -0.15) is 0 Å². The van der Waals surface area contributed by atoms with Gasteiger partial charge in [0, 0.05) is 20.0 Å². The standard InChI is InChI=1S/C15H22O6/c1-4-20-13(17)14-7-5-6-8-15(14,19-3)21-11(10-14)9-12(16)18-2/h9H,4-8,10H2,1-3H3/b11-9+/t14-,15+/m1/s1. The van der Waals surface area contributed by atoms with Crippen molar-refractivity contribution >= 4 is 11.9 Å². The van der Waals surface area contributed by atoms with E-state index in [-0.39, 0.29) is 5.97 Å². The summed E-state index contributed by atoms with van der Waals surface area (Å²) in [5.74, 6) is -1.45. The van der Waals surface area contributed by atoms with Gasteiger partial charge in [-0.3, -0.25) is 4.79 Å². The van der Waals surface area contributed by atoms with Gasteiger partial charge in [-0.25, -0.2) is 4.79 Å². The molecule has 0 N–H and O–H groups in total. The summed E-state index contributed by atoms with van der Waals surface area (Å²) in [5.41, 5.74) is -0.879. The molecule has 118 valence electrons. The predicted octanol–water partition coefficient (Wildman–Crippen LogP) is 1.93. The van der Waals surface area contributed by atoms with Crippen molar-refractivity contribution in [2.24, 2.45) is 5.41 Å². The number of carbonyl (C=O) groups is 2. The highest BCUT2D eigenvalue weighted by Gasteiger charge is 2.66. The summed E-state index contributed by atoms with van der Waals surface area (Å²) in [5, 5.41) is 0. The zero-order chi connectivity index (χ0) is 15.5. The third kappa shape index (κ3) is 2.52. The molecule has 0 amide bonds. The first-order chi connectivity index (χ1) is 10.0. The molecule has 0 unspecified atom stereocenters. The summed E-state index contributed by atoms with van der Waals surface area (Å²) in [6, 6.07) is 0. The number of fused-ring (bicyclic) bond motifs is 1. The van der Waals surface area contributed by atoms with E-state index in [1.165, 1.54) is 20.3 Å². The van der Waals surface area contributed by atoms with Crippen LogP contribution in [0.1, 0.15) is 39.0 Å². The van der Waals surface area contributed by atoms with E-state index in [2.05, 4.69) is 4.74 Å². The Balaban J connectivity index is 2.39. The zero-order valence-corrected chi connectivity index (χ0v) is 12.8. The molecule has 2 atom stereocenters. The van der Waals surface area contributed by atoms with Crippen LogP contribution in [0.25, 0.3) is 0 Å². The molecule has 2 aliphatic rings. The minimum Gasteiger partial charge on any atom is -0.466 e. The molecule has 1 aliphatic carbocycles. The van der Waals surface area contributed by atoms with E-state index in [1.54, 1.807) is 6.92 Å². The quantitative estimate of drug-likeness (QED) is 0.583. The number of ether oxygens (including phenoxy) is 4. The maximum Gasteiger partial charge on any atom is 0.333 e. The normalized spacial score (nSPS) is 33.2. The summed E-state index contributed by atoms with van der Waals surface area (Å²) in [6.07, 6.45) is 4.60. The van der Waals surface area contributed by atoms with Crippen molar-refractivity contribution in [3.05, 3.63) is 11.8 Å². The van der Waals surface area contributed by atoms with Gasteiger partial charge >= 0.3 is 11.9 Å². The van der Waals surface area contributed by atoms with Crippen LogP contribution >= 0.6 is 0 Å². The van der Waals surface area contributed by atoms with Gasteiger partial charge in [0.25, 0.3) is 0 Å². The second-order valence-electron chi connectivity index (χ2n) is 5.38. The van der Waals surface area contributed by atoms with E-state index in [1.807, 2.05) is 0 Å². The highest BCUT2D eigenvalue weighted by atomic mass is 16.7. The van der Waals surface area contributed by atoms with E-state index < -0.39 is 17.2 Å². The van der Waals surface area contributed by atoms with Crippen molar-refractivity contribution in [2.75, 3.05) is 20.8 Å². The zero-order valence-electron chi connectivity index (χ0n) is 12.8. The third-order valence-corrected chi connectivity index (χ3v) is 4.34. The van der Waals surface area contributed by atoms with Gasteiger partial charge in [-0.1, -0.05) is 6.42 Å². The highest BCUT2D eigenvalue weighted by molar-refractivity contribution is 5.84. The molecule has 0 aromatic heterocycles. The molecule has 0 aromatic carbocycles. The Bertz CT molecular complexity index is 457. The molecule has 1 saturated carbocycles. The maximum absolute atomic E-state index is 12.5. The second-order valence-corrected chi connectivity index (χ2v) is 5.38. The number of methoxy groups -OCH3 is 2. The van der Waals surface area contributed by atoms with Crippen molar-refractivity contribution in [3.63, 3.8) is 0 Å². The smallest absolute Gasteiger partial charge is 0.333 e. The van der Waals surface area contributed by atoms with Crippen LogP contribution in [0, 0.1) is 5.41 Å². The number of allylic oxidation sites excluding steroid dienone is 1. The van der Waals surface area contributed by atoms with Gasteiger partial charge in [0.2, 0.25) is 5.79 Å². The Hall–Kier alpha value is -1.56. The van der Waals surface area contributed by atoms with Gasteiger partial charge in [-0.05, 0) is 19.8 Å². The van der Waals surface area contributed by atoms with Crippen LogP contribution in [0.4, 0.5) is 0 Å². The molecular formula is C15H22O6. The molecule has 1 heterocycles. The topological polar surface area (TPSA) is 71.1 Å². The molecular weight excluding hydrogens is 276 g/mol. The fraction of sp³-hybridized carbons (Fsp3) is 0.733. The first-order valence-corrected chi connectivity index (χ1v) is 7.23. The van der Waals surface area contributed by atoms with Crippen molar-refractivity contribution in [1.29, 1.82) is 0 Å². The van der Waals surface area contributed by atoms with Crippen LogP contribution < -0.4 is 0 Å². The molecule has 0 bridgehead atoms. The first-order valence-electron chi connectivity index (χ1n) is 7.23. The summed E-state index contributed by atoms with van der Waals surface area (Å²) in [4.78, 5) is 24.0. The van der Waals surface area contributed by atoms with E-state index >= 15 is 0 Å². The van der Waals surface area contributed by atoms with Gasteiger partial charge < -0.3 is 18.9 Å². The Morgan fingerprint density at radius 2 is 2.00 bits per heavy atom. The Kier molecular flexibility index (Phi) is 4.56. The van der Waals surface area contributed by atoms with Crippen molar-refractivity contribution in [2.45, 2.75) is 44.8 Å². The molecule has 0 radical (unpaired) electrons. The fourth-order valence-electron chi connectivity index (χ4n) is 3.34. The largest absolute Gasteiger partial charge is 0.466 e. The van der Waals surface area contributed by atoms with E-state index in [0.717, 1.165) is 12.8 Å². The number of hydrogen-bond donors (Lipinski definition) is 0. The number of rotatable bonds is 4. The number of esters is 2. The highest BCUT2D eigenvalue weighted by Crippen LogP contribution is 2.57. The van der Waals surface area contributed by atoms with Crippen molar-refractivity contribution in [3.8, 4) is 0 Å². The Labute approximate surface area is 124 Å². The van der Waals surface area contributed by atoms with Crippen molar-refractivity contribution in [1.82, 2.24) is 0 Å². The van der Waals surface area contributed by atoms with Gasteiger partial charge in [0.1, 0.15) is 11.2 Å². The molecule has 0 aromatic rings. The lowest BCUT2D eigenvalue weighted by molar-refractivity contribution is -0.255. The summed E-state index contributed by atoms with van der Waals surface area (Å²) >= 11 is 0. The Morgan fingerprint density at radius 1 is 1.29 bits per heavy atom. The average molecular weight is 298 g/mol. The van der Waals surface area contributed by atoms with Gasteiger partial charge in [0.15, 0.2) is 0 Å². The average Bonchev–Trinajstić information content (AvgIpc) is 2.82. The maximum atomic E-state index is 12.5. The van der Waals surface area contributed by atoms with Gasteiger partial charge in [-0.15, -0.1) is 0 Å². The predicted molar refractivity (Wildman–Crippen MR) is 73.1 cm³/mol. The third-order valence-electron chi connectivity index (χ3n) is 4.34. The second kappa shape index (κ2) is 6.05. The minimum absolute atomic E-state index is 0.300. The lowest BCUT2D eigenvalue weighted by Crippen LogP contribution is -2.54. The van der Waals surface area contributed by atoms with Crippen LogP contribution in [-0.4, -0.2) is 38.6 Å². The van der Waals surface area contributed by atoms with E-state index in [0.29, 0.717) is 31.6 Å². The molecule has 2 fully saturated rings. The lowest BCUT2D eigenvalue weighted by atomic mass is 9.68. The van der Waals surface area contributed by atoms with Crippen molar-refractivity contribution < 1.29 is 28.5 Å². The lowest BCUT2D eigenvalue weighted by Gasteiger charge is -2.43. The monoisotopic (exact) mass is 298 g/mol. The SMILES string of the molecule is CCOC(=O)[C@]12CCCC[C@]1(OC)O/C(=C/C(=O)OC)C2. The van der Waals surface area contributed by atoms with Gasteiger partial charge in [0.05, 0.1) is 19.8 Å². The van der Waals surface area contributed by atoms with Crippen LogP contribution in [0.5, 0.6) is 0 Å². The number of hydrogen-bond acceptors (Lipinski definition) is 6. The first kappa shape index (κ1) is 15.8. The molecule has 6 heteroatoms. The summed E-state index contributed by atoms with van der Waals surface area (Å²) < 4.78 is 21.4. The Morgan fingerprint density at radius 3 is 2.62 bits per heavy atom. The molecule has 6 nitrogen and oxygen atoms in total. The summed E-state index contributed by atoms with van der Waals surface area (Å²) in [6.45, 7) is 2.07. The molecule has 1 aliphatic heterocycles. The van der Waals surface area contributed by atoms with Crippen LogP contribution in [0.15, 0.2) is 11.8 Å². The van der Waals surface area contributed by atoms with Crippen LogP contribution in [-0.2, 0) is 28.5 Å². The van der Waals surface area contributed by atoms with E-state index in [9.17, 15) is 9.59 Å². The molecule has 0 spiro atoms. The number of carbonyl (C=O) groups excluding carboxylic acids is 2. The minimum atomic E-state index is -1.04. The van der Waals surface area contributed by atoms with E-state index in [4.69, 9.17) is 14.2 Å². The van der Waals surface area contributed by atoms with Crippen LogP contribution in [0.3, 0.4) is 0 Å². The molecule has 21 heavy (non-hydrogen) atoms. The molecule has 1 saturated heterocycles. The fourth-order valence-corrected chi connectivity index (χ4v) is 3.34. The summed E-state index contributed by atoms with van der Waals surface area (Å²) in [7, 11) is 2.83. The molecule has 2 rings (SSSR count). The van der Waals surface area contributed by atoms with Crippen LogP contribution in [0.2, 0.25) is 0 Å².